The number of nitrogen functional groups attached to an aromatic ring is 3. The molecule has 30 heavy (non-hydrogen) atoms. The molecule has 3 aromatic heterocycles. The molecule has 10 nitrogen and oxygen atoms in total. The minimum Gasteiger partial charge on any atom is -0.424 e. The number of fused-ring (bicyclic) bond motifs is 2. The molecule has 0 amide bonds. The number of benzene rings is 1. The Balaban J connectivity index is 1.66. The quantitative estimate of drug-likeness (QED) is 0.461. The predicted octanol–water partition coefficient (Wildman–Crippen LogP) is 2.59. The van der Waals surface area contributed by atoms with Gasteiger partial charge in [0, 0.05) is 17.6 Å². The van der Waals surface area contributed by atoms with E-state index in [0.29, 0.717) is 34.4 Å². The monoisotopic (exact) mass is 408 g/mol. The van der Waals surface area contributed by atoms with Crippen LogP contribution in [0.4, 0.5) is 17.8 Å². The van der Waals surface area contributed by atoms with Gasteiger partial charge in [-0.3, -0.25) is 0 Å². The number of ether oxygens (including phenoxy) is 1. The number of hydrogen-bond donors (Lipinski definition) is 3. The van der Waals surface area contributed by atoms with E-state index in [1.54, 1.807) is 0 Å². The van der Waals surface area contributed by atoms with Crippen LogP contribution < -0.4 is 17.2 Å². The molecule has 156 valence electrons. The summed E-state index contributed by atoms with van der Waals surface area (Å²) in [6.07, 6.45) is 2.26. The fraction of sp³-hybridized carbons (Fsp3) is 0.400. The molecular weight excluding hydrogens is 384 g/mol. The van der Waals surface area contributed by atoms with Crippen LogP contribution in [0, 0.1) is 5.41 Å². The third-order valence-corrected chi connectivity index (χ3v) is 5.67. The average Bonchev–Trinajstić information content (AvgIpc) is 3.39. The third kappa shape index (κ3) is 3.00. The molecule has 0 bridgehead atoms. The zero-order valence-corrected chi connectivity index (χ0v) is 16.9. The highest BCUT2D eigenvalue weighted by atomic mass is 16.5. The van der Waals surface area contributed by atoms with Crippen LogP contribution in [-0.2, 0) is 11.3 Å². The molecule has 6 N–H and O–H groups in total. The number of oxazole rings is 1. The summed E-state index contributed by atoms with van der Waals surface area (Å²) >= 11 is 0. The molecule has 1 aromatic carbocycles. The van der Waals surface area contributed by atoms with E-state index in [-0.39, 0.29) is 29.3 Å². The van der Waals surface area contributed by atoms with E-state index in [2.05, 4.69) is 28.8 Å². The molecule has 4 heterocycles. The number of rotatable bonds is 4. The van der Waals surface area contributed by atoms with Crippen molar-refractivity contribution in [2.45, 2.75) is 39.3 Å². The van der Waals surface area contributed by atoms with E-state index >= 15 is 0 Å². The van der Waals surface area contributed by atoms with Gasteiger partial charge in [-0.1, -0.05) is 13.8 Å². The van der Waals surface area contributed by atoms with E-state index in [4.69, 9.17) is 31.5 Å². The average molecular weight is 408 g/mol. The Morgan fingerprint density at radius 3 is 2.77 bits per heavy atom. The summed E-state index contributed by atoms with van der Waals surface area (Å²) in [5, 5.41) is 5.52. The first-order valence-corrected chi connectivity index (χ1v) is 9.89. The molecule has 1 saturated heterocycles. The second-order valence-corrected chi connectivity index (χ2v) is 8.40. The Bertz CT molecular complexity index is 1250. The highest BCUT2D eigenvalue weighted by molar-refractivity contribution is 6.00. The highest BCUT2D eigenvalue weighted by Crippen LogP contribution is 2.37. The number of nitrogens with two attached hydrogens (primary N) is 3. The smallest absolute Gasteiger partial charge is 0.292 e. The standard InChI is InChI=1S/C20H24N8O2/c1-20(2,13-4-3-7-29-13)9-28-17-14(16(21)25-18(22)26-17)15(27-28)10-5-6-12-11(8-10)24-19(23)30-12/h5-6,8,13H,3-4,7,9H2,1-2H3,(H2,23,24)(H4,21,22,25,26)/t13-/m0/s1. The zero-order valence-electron chi connectivity index (χ0n) is 16.9. The summed E-state index contributed by atoms with van der Waals surface area (Å²) < 4.78 is 13.2. The molecule has 1 aliphatic heterocycles. The highest BCUT2D eigenvalue weighted by Gasteiger charge is 2.35. The van der Waals surface area contributed by atoms with Crippen LogP contribution in [0.15, 0.2) is 22.6 Å². The van der Waals surface area contributed by atoms with Crippen molar-refractivity contribution in [2.75, 3.05) is 23.8 Å². The first-order valence-electron chi connectivity index (χ1n) is 9.89. The number of anilines is 3. The zero-order chi connectivity index (χ0) is 21.0. The maximum absolute atomic E-state index is 6.25. The second kappa shape index (κ2) is 6.56. The van der Waals surface area contributed by atoms with Crippen LogP contribution in [0.1, 0.15) is 26.7 Å². The Kier molecular flexibility index (Phi) is 4.07. The van der Waals surface area contributed by atoms with Crippen LogP contribution in [0.3, 0.4) is 0 Å². The van der Waals surface area contributed by atoms with E-state index in [1.807, 2.05) is 22.9 Å². The summed E-state index contributed by atoms with van der Waals surface area (Å²) in [6.45, 7) is 5.74. The van der Waals surface area contributed by atoms with Crippen molar-refractivity contribution in [3.8, 4) is 11.3 Å². The molecule has 0 saturated carbocycles. The molecule has 1 aliphatic rings. The molecule has 5 rings (SSSR count). The number of aromatic nitrogens is 5. The van der Waals surface area contributed by atoms with Crippen molar-refractivity contribution >= 4 is 39.9 Å². The van der Waals surface area contributed by atoms with Crippen LogP contribution >= 0.6 is 0 Å². The van der Waals surface area contributed by atoms with Crippen LogP contribution in [0.25, 0.3) is 33.4 Å². The van der Waals surface area contributed by atoms with Gasteiger partial charge in [0.05, 0.1) is 18.0 Å². The maximum Gasteiger partial charge on any atom is 0.292 e. The normalized spacial score (nSPS) is 17.3. The molecule has 0 radical (unpaired) electrons. The minimum absolute atomic E-state index is 0.113. The van der Waals surface area contributed by atoms with Gasteiger partial charge in [-0.15, -0.1) is 0 Å². The van der Waals surface area contributed by atoms with Crippen LogP contribution in [0.2, 0.25) is 0 Å². The second-order valence-electron chi connectivity index (χ2n) is 8.40. The molecule has 1 atom stereocenters. The predicted molar refractivity (Wildman–Crippen MR) is 114 cm³/mol. The van der Waals surface area contributed by atoms with Crippen molar-refractivity contribution < 1.29 is 9.15 Å². The fourth-order valence-corrected chi connectivity index (χ4v) is 4.20. The Morgan fingerprint density at radius 1 is 1.17 bits per heavy atom. The van der Waals surface area contributed by atoms with E-state index in [1.165, 1.54) is 0 Å². The van der Waals surface area contributed by atoms with E-state index in [0.717, 1.165) is 25.0 Å². The third-order valence-electron chi connectivity index (χ3n) is 5.67. The van der Waals surface area contributed by atoms with Crippen LogP contribution in [-0.4, -0.2) is 37.4 Å². The molecule has 10 heteroatoms. The summed E-state index contributed by atoms with van der Waals surface area (Å²) in [6, 6.07) is 5.68. The number of hydrogen-bond acceptors (Lipinski definition) is 9. The molecule has 0 unspecified atom stereocenters. The SMILES string of the molecule is CC(C)(Cn1nc(-c2ccc3oc(N)nc3c2)c2c(N)nc(N)nc21)[C@@H]1CCCO1. The Hall–Kier alpha value is -3.40. The van der Waals surface area contributed by atoms with Gasteiger partial charge < -0.3 is 26.4 Å². The summed E-state index contributed by atoms with van der Waals surface area (Å²) in [4.78, 5) is 12.8. The van der Waals surface area contributed by atoms with Crippen molar-refractivity contribution in [2.24, 2.45) is 5.41 Å². The topological polar surface area (TPSA) is 157 Å². The van der Waals surface area contributed by atoms with Crippen molar-refractivity contribution in [3.63, 3.8) is 0 Å². The van der Waals surface area contributed by atoms with Crippen molar-refractivity contribution in [1.82, 2.24) is 24.7 Å². The Morgan fingerprint density at radius 2 is 2.00 bits per heavy atom. The molecule has 1 fully saturated rings. The van der Waals surface area contributed by atoms with Crippen molar-refractivity contribution in [1.29, 1.82) is 0 Å². The van der Waals surface area contributed by atoms with Crippen LogP contribution in [0.5, 0.6) is 0 Å². The van der Waals surface area contributed by atoms with Gasteiger partial charge in [0.1, 0.15) is 17.0 Å². The van der Waals surface area contributed by atoms with E-state index in [9.17, 15) is 0 Å². The molecular formula is C20H24N8O2. The van der Waals surface area contributed by atoms with Gasteiger partial charge in [0.2, 0.25) is 5.95 Å². The van der Waals surface area contributed by atoms with Crippen molar-refractivity contribution in [3.05, 3.63) is 18.2 Å². The number of nitrogens with zero attached hydrogens (tertiary/aromatic N) is 5. The van der Waals surface area contributed by atoms with E-state index < -0.39 is 0 Å². The molecule has 0 aliphatic carbocycles. The largest absolute Gasteiger partial charge is 0.424 e. The fourth-order valence-electron chi connectivity index (χ4n) is 4.20. The van der Waals surface area contributed by atoms with Gasteiger partial charge in [0.25, 0.3) is 6.01 Å². The lowest BCUT2D eigenvalue weighted by atomic mass is 9.85. The lowest BCUT2D eigenvalue weighted by molar-refractivity contribution is 0.00840. The summed E-state index contributed by atoms with van der Waals surface area (Å²) in [5.74, 6) is 0.399. The summed E-state index contributed by atoms with van der Waals surface area (Å²) in [7, 11) is 0. The van der Waals surface area contributed by atoms with Gasteiger partial charge in [0.15, 0.2) is 11.2 Å². The van der Waals surface area contributed by atoms with Gasteiger partial charge in [-0.25, -0.2) is 4.68 Å². The maximum atomic E-state index is 6.25. The lowest BCUT2D eigenvalue weighted by Gasteiger charge is -2.30. The van der Waals surface area contributed by atoms with Gasteiger partial charge in [-0.05, 0) is 31.0 Å². The first kappa shape index (κ1) is 18.6. The molecule has 4 aromatic rings. The molecule has 0 spiro atoms. The Labute approximate surface area is 172 Å². The van der Waals surface area contributed by atoms with Gasteiger partial charge in [-0.2, -0.15) is 20.1 Å². The summed E-state index contributed by atoms with van der Waals surface area (Å²) in [5.41, 5.74) is 21.0. The van der Waals surface area contributed by atoms with Gasteiger partial charge >= 0.3 is 0 Å². The minimum atomic E-state index is -0.147. The first-order chi connectivity index (χ1) is 14.3. The lowest BCUT2D eigenvalue weighted by Crippen LogP contribution is -2.33.